The van der Waals surface area contributed by atoms with Crippen molar-refractivity contribution in [3.8, 4) is 109 Å². The van der Waals surface area contributed by atoms with Crippen LogP contribution in [0.3, 0.4) is 0 Å². The van der Waals surface area contributed by atoms with E-state index >= 15 is 0 Å². The Morgan fingerprint density at radius 2 is 0.655 bits per heavy atom. The molecule has 0 aliphatic carbocycles. The van der Waals surface area contributed by atoms with Crippen molar-refractivity contribution in [1.82, 2.24) is 0 Å². The standard InChI is InChI=1S/C11H16O2.C10H8O5S.C10H8O2.3C8H10O2.C6H6O6S.C6H5O5S.C6H6O2.2C2H6.4Na.O3S/c1-3-4-5-9-7-10(12)6-8(2)11(9)13;11-8-5-9(12)10(16(13,14)15)7-4-2-1-3-6(7)8;11-9-5-7-3-1-2-4-8(7)6-10(9)12;2*1-5-3-8(10)6(2)4-7(5)9;1-5-3-7(9)4-6(2)8(5)10;7-4-1-3(13(10,11)12)2-5(8)6(4)9;7-5-2-1-4(3-6(5)8)12(9,10)11;7-5-3-1-2-4-6(5)8;2*1-2;;;;;1-4(2)3/h6-7,12-13H,3-5H2,1-2H3;1-5,11-12H,(H,13,14,15);1-6,11-12H;3*3-4,9-10H,1-2H3;1-2,7-9H,(H,10,11,12);1,3,7-8H,(H,9,10,11);1-4,7-8H;2*1-2H3;;;;;/q;;;;;;;-1;;;;4*+1;/p-3. The fraction of sp³-hybridized carbons (Fsp3) is 0.195. The van der Waals surface area contributed by atoms with Crippen LogP contribution in [-0.2, 0) is 47.4 Å². The van der Waals surface area contributed by atoms with Crippen LogP contribution >= 0.6 is 0 Å². The zero-order chi connectivity index (χ0) is 86.6. The second-order valence-corrected chi connectivity index (χ2v) is 27.0. The number of unbranched alkanes of at least 4 members (excludes halogenated alkanes) is 1. The zero-order valence-corrected chi connectivity index (χ0v) is 77.5. The number of phenolic OH excluding ortho intramolecular Hbond substituents is 19. The van der Waals surface area contributed by atoms with Gasteiger partial charge < -0.3 is 111 Å². The van der Waals surface area contributed by atoms with Crippen LogP contribution in [-0.4, -0.2) is 149 Å². The first-order valence-corrected chi connectivity index (χ1v) is 37.8. The van der Waals surface area contributed by atoms with Crippen molar-refractivity contribution in [3.63, 3.8) is 0 Å². The molecule has 39 heteroatoms. The summed E-state index contributed by atoms with van der Waals surface area (Å²) in [4.78, 5) is -2.14. The van der Waals surface area contributed by atoms with Gasteiger partial charge in [0.15, 0.2) is 40.2 Å². The number of fused-ring (bicyclic) bond motifs is 2. The number of aromatic hydroxyl groups is 19. The summed E-state index contributed by atoms with van der Waals surface area (Å²) in [7, 11) is -17.2. The molecule has 11 aromatic carbocycles. The Labute approximate surface area is 761 Å². The van der Waals surface area contributed by atoms with E-state index in [-0.39, 0.29) is 198 Å². The molecular weight excluding hydrogens is 1640 g/mol. The normalized spacial score (nSPS) is 9.78. The molecule has 31 nitrogen and oxygen atoms in total. The van der Waals surface area contributed by atoms with E-state index in [2.05, 4.69) is 6.92 Å². The fourth-order valence-electron chi connectivity index (χ4n) is 8.48. The van der Waals surface area contributed by atoms with E-state index in [0.717, 1.165) is 53.3 Å². The van der Waals surface area contributed by atoms with Gasteiger partial charge in [-0.3, -0.25) is 8.42 Å². The van der Waals surface area contributed by atoms with Gasteiger partial charge >= 0.3 is 129 Å². The van der Waals surface area contributed by atoms with Gasteiger partial charge in [0.25, 0.3) is 0 Å². The summed E-state index contributed by atoms with van der Waals surface area (Å²) in [6.45, 7) is 22.4. The second kappa shape index (κ2) is 56.0. The van der Waals surface area contributed by atoms with Crippen LogP contribution in [0.25, 0.3) is 21.5 Å². The minimum absolute atomic E-state index is 0. The van der Waals surface area contributed by atoms with Gasteiger partial charge in [0.2, 0.25) is 0 Å². The quantitative estimate of drug-likeness (QED) is 0.0362. The van der Waals surface area contributed by atoms with E-state index in [1.807, 2.05) is 58.0 Å². The monoisotopic (exact) mass is 1730 g/mol. The van der Waals surface area contributed by atoms with E-state index in [4.69, 9.17) is 84.1 Å². The smallest absolute Gasteiger partial charge is 0.754 e. The maximum Gasteiger partial charge on any atom is 1.00 e. The first kappa shape index (κ1) is 116. The molecule has 0 bridgehead atoms. The van der Waals surface area contributed by atoms with Crippen molar-refractivity contribution in [2.75, 3.05) is 0 Å². The largest absolute Gasteiger partial charge is 1.00 e. The van der Waals surface area contributed by atoms with E-state index in [1.54, 1.807) is 115 Å². The van der Waals surface area contributed by atoms with Crippen LogP contribution in [0.15, 0.2) is 178 Å². The van der Waals surface area contributed by atoms with Crippen molar-refractivity contribution in [3.05, 3.63) is 214 Å². The molecule has 0 spiro atoms. The molecule has 0 aliphatic rings. The van der Waals surface area contributed by atoms with Gasteiger partial charge in [-0.25, -0.2) is 16.8 Å². The summed E-state index contributed by atoms with van der Waals surface area (Å²) in [5.41, 5.74) is 5.79. The summed E-state index contributed by atoms with van der Waals surface area (Å²) >= 11 is 0. The molecule has 0 saturated carbocycles. The third-order valence-corrected chi connectivity index (χ3v) is 16.6. The number of para-hydroxylation sites is 2. The zero-order valence-electron chi connectivity index (χ0n) is 66.2. The fourth-order valence-corrected chi connectivity index (χ4v) is 10.2. The average molecular weight is 1730 g/mol. The van der Waals surface area contributed by atoms with Gasteiger partial charge in [0, 0.05) is 40.5 Å². The van der Waals surface area contributed by atoms with E-state index < -0.39 is 90.1 Å². The summed E-state index contributed by atoms with van der Waals surface area (Å²) in [6, 6.07) is 40.5. The van der Waals surface area contributed by atoms with Crippen molar-refractivity contribution < 1.29 is 267 Å². The van der Waals surface area contributed by atoms with Crippen LogP contribution in [0.4, 0.5) is 0 Å². The van der Waals surface area contributed by atoms with Crippen LogP contribution < -0.4 is 118 Å². The van der Waals surface area contributed by atoms with Crippen molar-refractivity contribution in [1.29, 1.82) is 0 Å². The number of benzene rings is 11. The SMILES string of the molecule is CC.CC.CCCCc1cc(O)cc(C)c1O.Cc1cc(O)c(C)cc1O.Cc1cc(O)c(C)cc1O.Cc1cc(O)cc(C)c1O.O=S(=O)([O-])c1c(O)cc(O)c2ccccc12.O=S(=O)([O-])c1c[c-]c(O)c(O)c1.O=S(=O)([O-])c1cc(O)c(O)c(O)c1.O=S(=O)=O.Oc1cc2ccccc2cc1O.Oc1ccccc1O.[Na+].[Na+].[Na+].[Na+]. The average Bonchev–Trinajstić information content (AvgIpc) is 0.771. The molecule has 19 N–H and O–H groups in total. The summed E-state index contributed by atoms with van der Waals surface area (Å²) in [5.74, 6) is -3.26. The Morgan fingerprint density at radius 1 is 0.328 bits per heavy atom. The molecule has 0 saturated heterocycles. The van der Waals surface area contributed by atoms with E-state index in [1.165, 1.54) is 42.5 Å². The Hall–Kier alpha value is -8.51. The minimum atomic E-state index is -4.79. The van der Waals surface area contributed by atoms with Crippen LogP contribution in [0.5, 0.6) is 109 Å². The summed E-state index contributed by atoms with van der Waals surface area (Å²) in [5, 5.41) is 174. The number of phenols is 19. The van der Waals surface area contributed by atoms with Gasteiger partial charge in [-0.1, -0.05) is 102 Å². The van der Waals surface area contributed by atoms with E-state index in [9.17, 15) is 64.4 Å². The number of hydrogen-bond donors (Lipinski definition) is 19. The number of hydrogen-bond acceptors (Lipinski definition) is 31. The topological polar surface area (TPSA) is 607 Å². The predicted octanol–water partition coefficient (Wildman–Crippen LogP) is 0.971. The van der Waals surface area contributed by atoms with Crippen LogP contribution in [0, 0.1) is 54.5 Å². The number of aryl methyl sites for hydroxylation is 8. The maximum absolute atomic E-state index is 11.0. The molecule has 11 rings (SSSR count). The van der Waals surface area contributed by atoms with Gasteiger partial charge in [0.1, 0.15) is 82.6 Å². The first-order valence-electron chi connectivity index (χ1n) is 32.6. The Balaban J connectivity index is -0.000000394. The van der Waals surface area contributed by atoms with Gasteiger partial charge in [0.05, 0.1) is 15.0 Å². The number of rotatable bonds is 6. The molecule has 0 heterocycles. The first-order chi connectivity index (χ1) is 51.9. The van der Waals surface area contributed by atoms with Crippen molar-refractivity contribution in [2.24, 2.45) is 0 Å². The second-order valence-electron chi connectivity index (χ2n) is 22.6. The summed E-state index contributed by atoms with van der Waals surface area (Å²) < 4.78 is 120. The molecule has 0 amide bonds. The van der Waals surface area contributed by atoms with Gasteiger partial charge in [-0.2, -0.15) is 6.07 Å². The van der Waals surface area contributed by atoms with Crippen molar-refractivity contribution >= 4 is 62.5 Å². The minimum Gasteiger partial charge on any atom is -0.754 e. The molecule has 0 atom stereocenters. The van der Waals surface area contributed by atoms with Crippen molar-refractivity contribution in [2.45, 2.75) is 117 Å². The van der Waals surface area contributed by atoms with Gasteiger partial charge in [-0.15, -0.1) is 24.8 Å². The molecule has 11 aromatic rings. The van der Waals surface area contributed by atoms with Gasteiger partial charge in [-0.05, 0) is 194 Å². The molecule has 0 unspecified atom stereocenters. The third kappa shape index (κ3) is 41.1. The molecule has 610 valence electrons. The van der Waals surface area contributed by atoms with Crippen LogP contribution in [0.2, 0.25) is 0 Å². The van der Waals surface area contributed by atoms with Crippen LogP contribution in [0.1, 0.15) is 92.0 Å². The summed E-state index contributed by atoms with van der Waals surface area (Å²) in [6.07, 6.45) is 2.96. The molecule has 0 radical (unpaired) electrons. The Kier molecular flexibility index (Phi) is 56.0. The van der Waals surface area contributed by atoms with E-state index in [0.29, 0.717) is 57.3 Å². The molecule has 0 fully saturated rings. The molecular formula is C77H88Na4O31S4. The molecule has 0 aliphatic heterocycles. The molecule has 0 aromatic heterocycles. The molecule has 116 heavy (non-hydrogen) atoms. The maximum atomic E-state index is 11.0. The Bertz CT molecular complexity index is 5160. The third-order valence-electron chi connectivity index (χ3n) is 14.1. The predicted molar refractivity (Wildman–Crippen MR) is 412 cm³/mol. The Morgan fingerprint density at radius 3 is 0.991 bits per heavy atom.